The van der Waals surface area contributed by atoms with Gasteiger partial charge in [-0.15, -0.1) is 0 Å². The van der Waals surface area contributed by atoms with Gasteiger partial charge in [-0.25, -0.2) is 0 Å². The molecule has 0 aliphatic carbocycles. The van der Waals surface area contributed by atoms with Gasteiger partial charge in [0.2, 0.25) is 6.79 Å². The molecule has 1 aliphatic rings. The van der Waals surface area contributed by atoms with Crippen LogP contribution < -0.4 is 9.47 Å². The van der Waals surface area contributed by atoms with Crippen LogP contribution >= 0.6 is 15.9 Å². The van der Waals surface area contributed by atoms with Gasteiger partial charge in [0.1, 0.15) is 0 Å². The fraction of sp³-hybridized carbons (Fsp3) is 0.200. The van der Waals surface area contributed by atoms with E-state index >= 15 is 0 Å². The van der Waals surface area contributed by atoms with Crippen molar-refractivity contribution in [3.05, 3.63) is 23.8 Å². The van der Waals surface area contributed by atoms with Crippen molar-refractivity contribution in [2.45, 2.75) is 6.42 Å². The van der Waals surface area contributed by atoms with Crippen molar-refractivity contribution >= 4 is 15.9 Å². The lowest BCUT2D eigenvalue weighted by Crippen LogP contribution is -1.92. The van der Waals surface area contributed by atoms with E-state index in [1.165, 1.54) is 0 Å². The molecule has 13 heavy (non-hydrogen) atoms. The third-order valence-corrected chi connectivity index (χ3v) is 2.08. The Balaban J connectivity index is 2.24. The molecule has 1 aliphatic heterocycles. The van der Waals surface area contributed by atoms with Crippen molar-refractivity contribution in [1.82, 2.24) is 0 Å². The molecule has 0 radical (unpaired) electrons. The van der Waals surface area contributed by atoms with E-state index in [9.17, 15) is 0 Å². The van der Waals surface area contributed by atoms with Crippen LogP contribution in [0.1, 0.15) is 5.56 Å². The molecule has 1 aromatic carbocycles. The van der Waals surface area contributed by atoms with Gasteiger partial charge in [0.05, 0.1) is 0 Å². The summed E-state index contributed by atoms with van der Waals surface area (Å²) in [5.41, 5.74) is 1.14. The predicted octanol–water partition coefficient (Wildman–Crippen LogP) is 2.31. The second-order valence-electron chi connectivity index (χ2n) is 2.64. The number of fused-ring (bicyclic) bond motifs is 1. The summed E-state index contributed by atoms with van der Waals surface area (Å²) < 4.78 is 10.4. The molecular formula is C10H7BrO2. The average molecular weight is 239 g/mol. The minimum absolute atomic E-state index is 0.322. The van der Waals surface area contributed by atoms with Crippen molar-refractivity contribution in [2.75, 3.05) is 6.79 Å². The largest absolute Gasteiger partial charge is 0.454 e. The molecule has 0 spiro atoms. The highest BCUT2D eigenvalue weighted by Crippen LogP contribution is 2.32. The van der Waals surface area contributed by atoms with Gasteiger partial charge in [-0.05, 0) is 22.5 Å². The number of ether oxygens (including phenoxy) is 2. The van der Waals surface area contributed by atoms with E-state index in [2.05, 4.69) is 26.7 Å². The Hall–Kier alpha value is -1.14. The van der Waals surface area contributed by atoms with Crippen molar-refractivity contribution in [3.63, 3.8) is 0 Å². The molecule has 66 valence electrons. The molecule has 2 rings (SSSR count). The van der Waals surface area contributed by atoms with E-state index in [4.69, 9.17) is 9.47 Å². The van der Waals surface area contributed by atoms with Gasteiger partial charge >= 0.3 is 0 Å². The number of rotatable bonds is 1. The summed E-state index contributed by atoms with van der Waals surface area (Å²) in [6, 6.07) is 5.86. The summed E-state index contributed by atoms with van der Waals surface area (Å²) >= 11 is 3.05. The Morgan fingerprint density at radius 3 is 3.00 bits per heavy atom. The highest BCUT2D eigenvalue weighted by molar-refractivity contribution is 9.12. The van der Waals surface area contributed by atoms with Gasteiger partial charge in [-0.3, -0.25) is 0 Å². The quantitative estimate of drug-likeness (QED) is 0.700. The number of halogens is 1. The molecule has 0 N–H and O–H groups in total. The fourth-order valence-electron chi connectivity index (χ4n) is 1.19. The monoisotopic (exact) mass is 238 g/mol. The van der Waals surface area contributed by atoms with E-state index < -0.39 is 0 Å². The summed E-state index contributed by atoms with van der Waals surface area (Å²) in [6.45, 7) is 0.322. The van der Waals surface area contributed by atoms with Crippen molar-refractivity contribution in [1.29, 1.82) is 0 Å². The number of hydrogen-bond acceptors (Lipinski definition) is 2. The van der Waals surface area contributed by atoms with Crippen LogP contribution in [0.3, 0.4) is 0 Å². The van der Waals surface area contributed by atoms with E-state index in [-0.39, 0.29) is 0 Å². The van der Waals surface area contributed by atoms with Crippen LogP contribution in [0.15, 0.2) is 18.2 Å². The van der Waals surface area contributed by atoms with E-state index in [0.717, 1.165) is 23.5 Å². The van der Waals surface area contributed by atoms with Crippen LogP contribution in [0, 0.1) is 10.8 Å². The standard InChI is InChI=1S/C10H7BrO2/c11-5-1-2-8-3-4-9-10(6-8)13-7-12-9/h3-4,6H,2,7H2. The van der Waals surface area contributed by atoms with Gasteiger partial charge in [0, 0.05) is 22.4 Å². The lowest BCUT2D eigenvalue weighted by molar-refractivity contribution is 0.174. The zero-order valence-corrected chi connectivity index (χ0v) is 8.43. The SMILES string of the molecule is BrC#CCc1ccc2c(c1)OCO2. The molecule has 0 atom stereocenters. The first-order chi connectivity index (χ1) is 6.40. The van der Waals surface area contributed by atoms with Crippen molar-refractivity contribution < 1.29 is 9.47 Å². The molecule has 0 saturated carbocycles. The fourth-order valence-corrected chi connectivity index (χ4v) is 1.33. The Morgan fingerprint density at radius 2 is 2.15 bits per heavy atom. The first kappa shape index (κ1) is 8.46. The van der Waals surface area contributed by atoms with Crippen LogP contribution in [0.4, 0.5) is 0 Å². The Kier molecular flexibility index (Phi) is 2.42. The highest BCUT2D eigenvalue weighted by atomic mass is 79.9. The van der Waals surface area contributed by atoms with Crippen molar-refractivity contribution in [2.24, 2.45) is 0 Å². The second kappa shape index (κ2) is 3.71. The molecule has 0 bridgehead atoms. The predicted molar refractivity (Wildman–Crippen MR) is 53.0 cm³/mol. The summed E-state index contributed by atoms with van der Waals surface area (Å²) in [5, 5.41) is 0. The maximum absolute atomic E-state index is 5.24. The van der Waals surface area contributed by atoms with Crippen LogP contribution in [-0.4, -0.2) is 6.79 Å². The lowest BCUT2D eigenvalue weighted by Gasteiger charge is -1.97. The molecule has 0 aromatic heterocycles. The van der Waals surface area contributed by atoms with Gasteiger partial charge in [0.25, 0.3) is 0 Å². The van der Waals surface area contributed by atoms with Crippen LogP contribution in [0.2, 0.25) is 0 Å². The summed E-state index contributed by atoms with van der Waals surface area (Å²) in [6.07, 6.45) is 0.724. The van der Waals surface area contributed by atoms with Gasteiger partial charge < -0.3 is 9.47 Å². The summed E-state index contributed by atoms with van der Waals surface area (Å²) in [4.78, 5) is 2.67. The maximum Gasteiger partial charge on any atom is 0.231 e. The third kappa shape index (κ3) is 1.78. The molecule has 0 amide bonds. The Bertz CT molecular complexity index is 376. The molecule has 1 heterocycles. The van der Waals surface area contributed by atoms with Gasteiger partial charge in [-0.2, -0.15) is 0 Å². The minimum Gasteiger partial charge on any atom is -0.454 e. The zero-order chi connectivity index (χ0) is 9.10. The second-order valence-corrected chi connectivity index (χ2v) is 3.03. The highest BCUT2D eigenvalue weighted by Gasteiger charge is 2.12. The van der Waals surface area contributed by atoms with E-state index in [0.29, 0.717) is 6.79 Å². The minimum atomic E-state index is 0.322. The zero-order valence-electron chi connectivity index (χ0n) is 6.84. The molecule has 3 heteroatoms. The summed E-state index contributed by atoms with van der Waals surface area (Å²) in [7, 11) is 0. The van der Waals surface area contributed by atoms with Crippen LogP contribution in [-0.2, 0) is 6.42 Å². The smallest absolute Gasteiger partial charge is 0.231 e. The lowest BCUT2D eigenvalue weighted by atomic mass is 10.1. The summed E-state index contributed by atoms with van der Waals surface area (Å²) in [5.74, 6) is 4.56. The number of hydrogen-bond donors (Lipinski definition) is 0. The van der Waals surface area contributed by atoms with Crippen molar-refractivity contribution in [3.8, 4) is 22.2 Å². The molecular weight excluding hydrogens is 232 g/mol. The molecule has 0 fully saturated rings. The normalized spacial score (nSPS) is 12.1. The Labute approximate surface area is 85.0 Å². The van der Waals surface area contributed by atoms with E-state index in [1.807, 2.05) is 18.2 Å². The molecule has 0 saturated heterocycles. The third-order valence-electron chi connectivity index (χ3n) is 1.80. The number of benzene rings is 1. The first-order valence-electron chi connectivity index (χ1n) is 3.87. The van der Waals surface area contributed by atoms with E-state index in [1.54, 1.807) is 0 Å². The average Bonchev–Trinajstić information content (AvgIpc) is 2.61. The van der Waals surface area contributed by atoms with Crippen LogP contribution in [0.5, 0.6) is 11.5 Å². The van der Waals surface area contributed by atoms with Crippen LogP contribution in [0.25, 0.3) is 0 Å². The maximum atomic E-state index is 5.24. The topological polar surface area (TPSA) is 18.5 Å². The Morgan fingerprint density at radius 1 is 1.31 bits per heavy atom. The van der Waals surface area contributed by atoms with Gasteiger partial charge in [0.15, 0.2) is 11.5 Å². The molecule has 2 nitrogen and oxygen atoms in total. The first-order valence-corrected chi connectivity index (χ1v) is 4.66. The molecule has 0 unspecified atom stereocenters. The van der Waals surface area contributed by atoms with Gasteiger partial charge in [-0.1, -0.05) is 12.0 Å². The molecule has 1 aromatic rings.